The number of nitroso groups, excluding NO2 is 1. The highest BCUT2D eigenvalue weighted by molar-refractivity contribution is 6.23. The van der Waals surface area contributed by atoms with Crippen LogP contribution in [0.1, 0.15) is 155 Å². The molecule has 6 atom stereocenters. The Hall–Kier alpha value is -8.78. The fourth-order valence-corrected chi connectivity index (χ4v) is 12.0. The highest BCUT2D eigenvalue weighted by Crippen LogP contribution is 2.38. The minimum atomic E-state index is -1.17. The van der Waals surface area contributed by atoms with Crippen molar-refractivity contribution in [3.63, 3.8) is 0 Å². The first kappa shape index (κ1) is 83.5. The van der Waals surface area contributed by atoms with E-state index in [9.17, 15) is 48.7 Å². The number of phenolic OH excluding ortho intramolecular Hbond substituents is 1. The summed E-state index contributed by atoms with van der Waals surface area (Å²) >= 11 is 5.68. The Bertz CT molecular complexity index is 3330. The van der Waals surface area contributed by atoms with Gasteiger partial charge in [0.25, 0.3) is 0 Å². The molecule has 1 aliphatic carbocycles. The number of halogens is 1. The minimum absolute atomic E-state index is 0. The van der Waals surface area contributed by atoms with E-state index in [0.717, 1.165) is 53.7 Å². The number of alkyl halides is 1. The van der Waals surface area contributed by atoms with Crippen molar-refractivity contribution in [2.24, 2.45) is 34.4 Å². The molecule has 3 radical (unpaired) electrons. The van der Waals surface area contributed by atoms with Gasteiger partial charge in [0.1, 0.15) is 59.7 Å². The number of phenols is 1. The Balaban J connectivity index is 0.000000451. The number of nitrogens with two attached hydrogens (primary N) is 2. The summed E-state index contributed by atoms with van der Waals surface area (Å²) in [6.45, 7) is 17.9. The van der Waals surface area contributed by atoms with Crippen molar-refractivity contribution in [1.82, 2.24) is 14.7 Å². The molecule has 4 aliphatic rings. The Kier molecular flexibility index (Phi) is 34.8. The average Bonchev–Trinajstić information content (AvgIpc) is 1.65. The topological polar surface area (TPSA) is 297 Å². The quantitative estimate of drug-likeness (QED) is 0.00898. The van der Waals surface area contributed by atoms with Crippen LogP contribution in [0.3, 0.4) is 0 Å². The van der Waals surface area contributed by atoms with Crippen LogP contribution in [-0.2, 0) is 72.1 Å². The van der Waals surface area contributed by atoms with Crippen molar-refractivity contribution in [3.05, 3.63) is 166 Å². The number of carbonyl (C=O) groups is 7. The Morgan fingerprint density at radius 3 is 1.34 bits per heavy atom. The summed E-state index contributed by atoms with van der Waals surface area (Å²) in [5.74, 6) is -0.555. The van der Waals surface area contributed by atoms with Crippen LogP contribution in [0.5, 0.6) is 17.2 Å². The molecule has 0 spiro atoms. The molecule has 9 rings (SSSR count). The van der Waals surface area contributed by atoms with Crippen molar-refractivity contribution >= 4 is 61.6 Å². The molecule has 3 aliphatic heterocycles. The number of aliphatic carboxylic acids is 1. The number of amides is 3. The third-order valence-corrected chi connectivity index (χ3v) is 17.3. The van der Waals surface area contributed by atoms with E-state index < -0.39 is 52.1 Å². The number of esters is 3. The van der Waals surface area contributed by atoms with Crippen molar-refractivity contribution in [2.75, 3.05) is 40.5 Å². The molecule has 1 saturated carbocycles. The van der Waals surface area contributed by atoms with Gasteiger partial charge in [0.2, 0.25) is 17.7 Å². The first-order valence-corrected chi connectivity index (χ1v) is 33.2. The summed E-state index contributed by atoms with van der Waals surface area (Å²) in [6, 6.07) is 39.1. The molecule has 98 heavy (non-hydrogen) atoms. The molecule has 5 aromatic rings. The van der Waals surface area contributed by atoms with Crippen LogP contribution in [-0.4, -0.2) is 139 Å². The summed E-state index contributed by atoms with van der Waals surface area (Å²) < 4.78 is 25.8. The van der Waals surface area contributed by atoms with Crippen LogP contribution >= 0.6 is 11.6 Å². The number of benzene rings is 5. The van der Waals surface area contributed by atoms with Crippen molar-refractivity contribution < 1.29 is 68.9 Å². The van der Waals surface area contributed by atoms with Crippen molar-refractivity contribution in [1.29, 1.82) is 0 Å². The van der Waals surface area contributed by atoms with E-state index >= 15 is 0 Å². The maximum absolute atomic E-state index is 13.2. The van der Waals surface area contributed by atoms with Crippen LogP contribution in [0.2, 0.25) is 0 Å². The van der Waals surface area contributed by atoms with E-state index in [-0.39, 0.29) is 63.0 Å². The lowest BCUT2D eigenvalue weighted by Gasteiger charge is -2.29. The highest BCUT2D eigenvalue weighted by Gasteiger charge is 2.50. The molecule has 0 bridgehead atoms. The number of terminal acetylenes is 1. The van der Waals surface area contributed by atoms with Gasteiger partial charge in [-0.1, -0.05) is 150 Å². The van der Waals surface area contributed by atoms with Gasteiger partial charge in [-0.25, -0.2) is 14.4 Å². The minimum Gasteiger partial charge on any atom is -0.508 e. The molecule has 3 saturated heterocycles. The van der Waals surface area contributed by atoms with Crippen LogP contribution in [0, 0.1) is 35.5 Å². The van der Waals surface area contributed by atoms with E-state index in [1.165, 1.54) is 43.1 Å². The third kappa shape index (κ3) is 24.3. The molecule has 5 aromatic carbocycles. The molecule has 6 N–H and O–H groups in total. The molecule has 23 heteroatoms. The molecular formula is C75H101BClN6O15. The van der Waals surface area contributed by atoms with Crippen molar-refractivity contribution in [3.8, 4) is 30.1 Å². The van der Waals surface area contributed by atoms with Gasteiger partial charge < -0.3 is 60.1 Å². The fourth-order valence-electron chi connectivity index (χ4n) is 11.7. The number of aromatic hydroxyl groups is 1. The zero-order chi connectivity index (χ0) is 72.0. The first-order chi connectivity index (χ1) is 46.1. The van der Waals surface area contributed by atoms with Crippen LogP contribution in [0.15, 0.2) is 139 Å². The number of carboxylic acid groups (broad SMARTS) is 1. The lowest BCUT2D eigenvalue weighted by Crippen LogP contribution is -2.50. The highest BCUT2D eigenvalue weighted by atomic mass is 35.5. The number of hydrogen-bond donors (Lipinski definition) is 4. The molecule has 531 valence electrons. The smallest absolute Gasteiger partial charge is 0.328 e. The number of hydrogen-bond acceptors (Lipinski definition) is 17. The van der Waals surface area contributed by atoms with Gasteiger partial charge in [-0.2, -0.15) is 0 Å². The second kappa shape index (κ2) is 40.8. The van der Waals surface area contributed by atoms with Gasteiger partial charge in [0, 0.05) is 36.4 Å². The van der Waals surface area contributed by atoms with E-state index in [2.05, 4.69) is 22.8 Å². The second-order valence-electron chi connectivity index (χ2n) is 25.5. The molecule has 4 fully saturated rings. The number of rotatable bonds is 23. The number of carboxylic acids is 1. The first-order valence-electron chi connectivity index (χ1n) is 32.9. The number of carbonyl (C=O) groups excluding carboxylic acids is 6. The predicted molar refractivity (Wildman–Crippen MR) is 380 cm³/mol. The second-order valence-corrected chi connectivity index (χ2v) is 26.2. The summed E-state index contributed by atoms with van der Waals surface area (Å²) in [5, 5.41) is 21.8. The van der Waals surface area contributed by atoms with E-state index in [4.69, 9.17) is 42.0 Å². The fraction of sp³-hybridized carbons (Fsp3) is 0.480. The molecule has 3 heterocycles. The molecule has 21 nitrogen and oxygen atoms in total. The number of nitrogens with zero attached hydrogens (tertiary/aromatic N) is 4. The van der Waals surface area contributed by atoms with E-state index in [1.807, 2.05) is 151 Å². The maximum atomic E-state index is 13.2. The van der Waals surface area contributed by atoms with Crippen LogP contribution < -0.4 is 20.9 Å². The number of likely N-dealkylation sites (tertiary alicyclic amines) is 3. The summed E-state index contributed by atoms with van der Waals surface area (Å²) in [7, 11) is 2.67. The standard InChI is InChI=1S/C24H30N2O4.C23H27NO4.C17H24N2O4.C5H8ClNO.C4H8O2.C2H2.B.H2/c1-17(2)15-21(22(27)29-3)26-14-13-24(25,23(26)28)19-9-11-20(12-10-19)30-16-18-7-5-4-6-8-18;1-16(2)14-21(23(26)27)24-13-12-20(22(24)25)18-8-10-19(11-9-18)28-15-17-6-4-3-5-7-17;1-11(2)10-14(15(21)23-3)19-9-8-17(18,16(19)22)12-4-6-13(20)7-5-12;6-5(7-8)3-1-2-4-5;1-3-6-4(2)5;1-2;;/h4-12,17,21H,13-16,25H2,1-3H3;3-11,16,20-21H,12-15H2,1-2H3,(H,26,27);4-7,11,14,20H,8-10,18H2,1-3H3;1-4H2;3H2,1-2H3;1-2H;;1H/t21-,24-;20?,21-;14-,17-;;;;;/m111...../s1/i;;;;;;;1+1. The zero-order valence-electron chi connectivity index (χ0n) is 58.3. The molecule has 3 amide bonds. The summed E-state index contributed by atoms with van der Waals surface area (Å²) in [4.78, 5) is 98.7. The maximum Gasteiger partial charge on any atom is 0.328 e. The average molecular weight is 1370 g/mol. The zero-order valence-corrected chi connectivity index (χ0v) is 59.1. The van der Waals surface area contributed by atoms with Gasteiger partial charge in [-0.05, 0) is 158 Å². The summed E-state index contributed by atoms with van der Waals surface area (Å²) in [6.07, 6.45) is 14.7. The Morgan fingerprint density at radius 1 is 0.612 bits per heavy atom. The predicted octanol–water partition coefficient (Wildman–Crippen LogP) is 11.6. The van der Waals surface area contributed by atoms with E-state index in [1.54, 1.807) is 24.0 Å². The monoisotopic (exact) mass is 1370 g/mol. The Morgan fingerprint density at radius 2 is 1.00 bits per heavy atom. The molecule has 0 aromatic heterocycles. The SMILES string of the molecule is C#C.CC(C)C[C@H](C(=O)O)N1CCC(c2ccc(OCc3ccccc3)cc2)C1=O.CCOC(C)=O.COC(=O)[C@@H](CC(C)C)N1CC[C@@](N)(c2ccc(O)cc2)C1=O.COC(=O)[C@@H](CC(C)C)N1CC[C@@](N)(c2ccc(OCc3ccccc3)cc2)C1=O.O=NC1(Cl)CCCC1.[2HH].[B]. The van der Waals surface area contributed by atoms with Crippen LogP contribution in [0.25, 0.3) is 0 Å². The molecular weight excluding hydrogens is 1270 g/mol. The van der Waals surface area contributed by atoms with Crippen LogP contribution in [0.4, 0.5) is 0 Å². The van der Waals surface area contributed by atoms with Gasteiger partial charge in [0.15, 0.2) is 5.00 Å². The normalized spacial score (nSPS) is 19.0. The van der Waals surface area contributed by atoms with Gasteiger partial charge in [-0.15, -0.1) is 17.8 Å². The van der Waals surface area contributed by atoms with Gasteiger partial charge in [-0.3, -0.25) is 19.2 Å². The molecule has 1 unspecified atom stereocenters. The third-order valence-electron chi connectivity index (χ3n) is 16.9. The van der Waals surface area contributed by atoms with Crippen molar-refractivity contribution in [2.45, 2.75) is 173 Å². The Labute approximate surface area is 586 Å². The lowest BCUT2D eigenvalue weighted by atomic mass is 9.89. The van der Waals surface area contributed by atoms with Gasteiger partial charge >= 0.3 is 23.9 Å². The van der Waals surface area contributed by atoms with Gasteiger partial charge in [0.05, 0.1) is 26.7 Å². The largest absolute Gasteiger partial charge is 0.508 e. The van der Waals surface area contributed by atoms with E-state index in [0.29, 0.717) is 89.3 Å². The number of ether oxygens (including phenoxy) is 5. The lowest BCUT2D eigenvalue weighted by molar-refractivity contribution is -0.153. The number of methoxy groups -OCH3 is 2. The summed E-state index contributed by atoms with van der Waals surface area (Å²) in [5.41, 5.74) is 15.0.